The average Bonchev–Trinajstić information content (AvgIpc) is 2.35. The Morgan fingerprint density at radius 3 is 3.11 bits per heavy atom. The molecule has 1 aliphatic carbocycles. The summed E-state index contributed by atoms with van der Waals surface area (Å²) < 4.78 is 4.05. The van der Waals surface area contributed by atoms with Gasteiger partial charge in [-0.15, -0.1) is 0 Å². The van der Waals surface area contributed by atoms with Gasteiger partial charge in [-0.05, 0) is 0 Å². The minimum absolute atomic E-state index is 0.119. The Morgan fingerprint density at radius 2 is 2.33 bits per heavy atom. The molecular formula is C8H7Te. The third-order valence-electron chi connectivity index (χ3n) is 1.59. The van der Waals surface area contributed by atoms with Gasteiger partial charge in [-0.2, -0.15) is 0 Å². The molecule has 0 unspecified atom stereocenters. The van der Waals surface area contributed by atoms with Crippen LogP contribution in [0.5, 0.6) is 0 Å². The van der Waals surface area contributed by atoms with Crippen molar-refractivity contribution < 1.29 is 0 Å². The normalized spacial score (nSPS) is 24.1. The standard InChI is InChI=1S/C8H7Te/c1-6-8-4-2-3-7(8)5-9-6/h2-5H,1H3. The molecule has 0 N–H and O–H groups in total. The van der Waals surface area contributed by atoms with Crippen LogP contribution in [0.25, 0.3) is 0 Å². The van der Waals surface area contributed by atoms with Gasteiger partial charge < -0.3 is 0 Å². The van der Waals surface area contributed by atoms with E-state index in [0.29, 0.717) is 0 Å². The third kappa shape index (κ3) is 0.800. The Bertz CT molecular complexity index is 221. The summed E-state index contributed by atoms with van der Waals surface area (Å²) in [4.78, 5) is 0. The van der Waals surface area contributed by atoms with E-state index in [2.05, 4.69) is 29.3 Å². The van der Waals surface area contributed by atoms with E-state index >= 15 is 0 Å². The minimum atomic E-state index is 0.119. The first kappa shape index (κ1) is 5.77. The van der Waals surface area contributed by atoms with Crippen molar-refractivity contribution in [2.24, 2.45) is 0 Å². The maximum absolute atomic E-state index is 2.41. The first-order valence-corrected chi connectivity index (χ1v) is 5.48. The second kappa shape index (κ2) is 2.01. The summed E-state index contributed by atoms with van der Waals surface area (Å²) in [5.41, 5.74) is 2.99. The topological polar surface area (TPSA) is 0 Å². The van der Waals surface area contributed by atoms with Gasteiger partial charge in [-0.3, -0.25) is 0 Å². The van der Waals surface area contributed by atoms with E-state index in [1.807, 2.05) is 0 Å². The zero-order valence-corrected chi connectivity index (χ0v) is 7.55. The second-order valence-corrected chi connectivity index (χ2v) is 5.28. The molecule has 0 aromatic rings. The van der Waals surface area contributed by atoms with Crippen molar-refractivity contribution in [3.63, 3.8) is 0 Å². The Kier molecular flexibility index (Phi) is 1.29. The van der Waals surface area contributed by atoms with E-state index in [1.54, 1.807) is 3.97 Å². The van der Waals surface area contributed by atoms with Crippen LogP contribution < -0.4 is 0 Å². The molecule has 1 aliphatic heterocycles. The van der Waals surface area contributed by atoms with Crippen LogP contribution in [0.2, 0.25) is 0 Å². The SMILES string of the molecule is C[C]1[Te]C=C2C=CC=C12. The molecule has 0 amide bonds. The molecule has 0 bridgehead atoms. The first-order chi connectivity index (χ1) is 4.38. The van der Waals surface area contributed by atoms with Crippen LogP contribution in [0, 0.1) is 3.97 Å². The predicted octanol–water partition coefficient (Wildman–Crippen LogP) is 1.64. The van der Waals surface area contributed by atoms with Crippen molar-refractivity contribution in [3.8, 4) is 0 Å². The van der Waals surface area contributed by atoms with E-state index in [4.69, 9.17) is 0 Å². The average molecular weight is 231 g/mol. The zero-order valence-electron chi connectivity index (χ0n) is 5.22. The molecule has 9 heavy (non-hydrogen) atoms. The Hall–Kier alpha value is 0.00961. The van der Waals surface area contributed by atoms with E-state index in [1.165, 1.54) is 11.1 Å². The number of fused-ring (bicyclic) bond motifs is 1. The summed E-state index contributed by atoms with van der Waals surface area (Å²) >= 11 is 0.119. The fourth-order valence-electron chi connectivity index (χ4n) is 1.07. The predicted molar refractivity (Wildman–Crippen MR) is 40.0 cm³/mol. The third-order valence-corrected chi connectivity index (χ3v) is 4.29. The van der Waals surface area contributed by atoms with Crippen LogP contribution in [0.3, 0.4) is 0 Å². The maximum atomic E-state index is 2.41. The summed E-state index contributed by atoms with van der Waals surface area (Å²) in [6.45, 7) is 2.25. The molecule has 0 aromatic carbocycles. The fraction of sp³-hybridized carbons (Fsp3) is 0.125. The Morgan fingerprint density at radius 1 is 1.44 bits per heavy atom. The molecule has 0 saturated heterocycles. The molecule has 45 valence electrons. The van der Waals surface area contributed by atoms with Gasteiger partial charge in [-0.25, -0.2) is 0 Å². The van der Waals surface area contributed by atoms with Crippen molar-refractivity contribution in [2.75, 3.05) is 0 Å². The zero-order chi connectivity index (χ0) is 6.27. The molecule has 1 heterocycles. The van der Waals surface area contributed by atoms with Crippen LogP contribution in [0.1, 0.15) is 6.92 Å². The molecule has 0 spiro atoms. The molecule has 1 heteroatoms. The molecule has 0 saturated carbocycles. The van der Waals surface area contributed by atoms with Gasteiger partial charge in [0.2, 0.25) is 0 Å². The summed E-state index contributed by atoms with van der Waals surface area (Å²) in [6.07, 6.45) is 6.56. The first-order valence-electron chi connectivity index (χ1n) is 2.97. The monoisotopic (exact) mass is 233 g/mol. The van der Waals surface area contributed by atoms with Crippen LogP contribution in [0.4, 0.5) is 0 Å². The van der Waals surface area contributed by atoms with Gasteiger partial charge in [0.05, 0.1) is 0 Å². The molecule has 0 atom stereocenters. The number of allylic oxidation sites excluding steroid dienone is 5. The van der Waals surface area contributed by atoms with E-state index in [-0.39, 0.29) is 20.9 Å². The second-order valence-electron chi connectivity index (χ2n) is 2.19. The summed E-state index contributed by atoms with van der Waals surface area (Å²) in [5, 5.41) is 0. The van der Waals surface area contributed by atoms with Gasteiger partial charge in [0, 0.05) is 0 Å². The van der Waals surface area contributed by atoms with Crippen molar-refractivity contribution in [2.45, 2.75) is 6.92 Å². The fourth-order valence-corrected chi connectivity index (χ4v) is 3.42. The van der Waals surface area contributed by atoms with Crippen LogP contribution in [-0.2, 0) is 0 Å². The molecule has 1 radical (unpaired) electrons. The molecule has 2 aliphatic rings. The van der Waals surface area contributed by atoms with Gasteiger partial charge >= 0.3 is 65.3 Å². The van der Waals surface area contributed by atoms with Gasteiger partial charge in [0.25, 0.3) is 0 Å². The van der Waals surface area contributed by atoms with Crippen LogP contribution >= 0.6 is 0 Å². The molecule has 2 rings (SSSR count). The summed E-state index contributed by atoms with van der Waals surface area (Å²) in [6, 6.07) is 0. The molecule has 0 fully saturated rings. The van der Waals surface area contributed by atoms with Gasteiger partial charge in [0.1, 0.15) is 0 Å². The molecule has 0 aromatic heterocycles. The van der Waals surface area contributed by atoms with Gasteiger partial charge in [0.15, 0.2) is 0 Å². The van der Waals surface area contributed by atoms with Crippen molar-refractivity contribution >= 4 is 20.9 Å². The van der Waals surface area contributed by atoms with Crippen molar-refractivity contribution in [1.29, 1.82) is 0 Å². The Balaban J connectivity index is 2.42. The van der Waals surface area contributed by atoms with E-state index in [0.717, 1.165) is 0 Å². The summed E-state index contributed by atoms with van der Waals surface area (Å²) in [7, 11) is 0. The molecule has 0 nitrogen and oxygen atoms in total. The van der Waals surface area contributed by atoms with E-state index in [9.17, 15) is 0 Å². The van der Waals surface area contributed by atoms with Crippen LogP contribution in [0.15, 0.2) is 33.5 Å². The van der Waals surface area contributed by atoms with Crippen LogP contribution in [-0.4, -0.2) is 20.9 Å². The van der Waals surface area contributed by atoms with Crippen molar-refractivity contribution in [1.82, 2.24) is 0 Å². The number of hydrogen-bond acceptors (Lipinski definition) is 0. The Labute approximate surface area is 65.4 Å². The van der Waals surface area contributed by atoms with E-state index < -0.39 is 0 Å². The number of rotatable bonds is 0. The van der Waals surface area contributed by atoms with Crippen molar-refractivity contribution in [3.05, 3.63) is 37.5 Å². The number of hydrogen-bond donors (Lipinski definition) is 0. The quantitative estimate of drug-likeness (QED) is 0.555. The molecular weight excluding hydrogens is 224 g/mol. The summed E-state index contributed by atoms with van der Waals surface area (Å²) in [5.74, 6) is 0. The van der Waals surface area contributed by atoms with Gasteiger partial charge in [-0.1, -0.05) is 0 Å².